The van der Waals surface area contributed by atoms with Crippen molar-refractivity contribution in [3.8, 4) is 0 Å². The Kier molecular flexibility index (Phi) is 8.09. The predicted octanol–water partition coefficient (Wildman–Crippen LogP) is 8.72. The summed E-state index contributed by atoms with van der Waals surface area (Å²) in [6, 6.07) is 0. The van der Waals surface area contributed by atoms with Gasteiger partial charge in [-0.3, -0.25) is 4.79 Å². The van der Waals surface area contributed by atoms with Crippen LogP contribution in [0.5, 0.6) is 0 Å². The van der Waals surface area contributed by atoms with Crippen LogP contribution in [0.15, 0.2) is 11.6 Å². The molecule has 0 aromatic carbocycles. The second kappa shape index (κ2) is 10.4. The minimum Gasteiger partial charge on any atom is -0.462 e. The fourth-order valence-electron chi connectivity index (χ4n) is 9.07. The van der Waals surface area contributed by atoms with Crippen molar-refractivity contribution in [1.82, 2.24) is 0 Å². The lowest BCUT2D eigenvalue weighted by Crippen LogP contribution is -2.51. The number of hydrogen-bond donors (Lipinski definition) is 0. The Morgan fingerprint density at radius 3 is 2.61 bits per heavy atom. The van der Waals surface area contributed by atoms with E-state index in [0.717, 1.165) is 48.3 Å². The minimum absolute atomic E-state index is 0.0392. The SMILES string of the molecule is CC(C)CCC[C@@H](C)[C@H]1CC[C@H]2[C@@H]3CC=C4C[C@H](OC(=O)CCBr)CC[C@]4(C)[C@H]3CC[C@]12C. The van der Waals surface area contributed by atoms with Gasteiger partial charge >= 0.3 is 5.97 Å². The van der Waals surface area contributed by atoms with E-state index < -0.39 is 0 Å². The number of alkyl halides is 1. The van der Waals surface area contributed by atoms with Crippen LogP contribution < -0.4 is 0 Å². The summed E-state index contributed by atoms with van der Waals surface area (Å²) in [5, 5.41) is 0.695. The number of fused-ring (bicyclic) bond motifs is 5. The van der Waals surface area contributed by atoms with Gasteiger partial charge in [0, 0.05) is 11.8 Å². The lowest BCUT2D eigenvalue weighted by molar-refractivity contribution is -0.151. The van der Waals surface area contributed by atoms with Crippen LogP contribution in [-0.4, -0.2) is 17.4 Å². The van der Waals surface area contributed by atoms with E-state index in [2.05, 4.69) is 56.6 Å². The van der Waals surface area contributed by atoms with Gasteiger partial charge in [0.05, 0.1) is 6.42 Å². The van der Waals surface area contributed by atoms with E-state index in [-0.39, 0.29) is 12.1 Å². The van der Waals surface area contributed by atoms with Crippen molar-refractivity contribution >= 4 is 21.9 Å². The molecule has 2 nitrogen and oxygen atoms in total. The second-order valence-electron chi connectivity index (χ2n) is 13.1. The molecule has 3 fully saturated rings. The molecule has 0 unspecified atom stereocenters. The zero-order chi connectivity index (χ0) is 23.8. The summed E-state index contributed by atoms with van der Waals surface area (Å²) in [4.78, 5) is 12.1. The maximum Gasteiger partial charge on any atom is 0.306 e. The number of allylic oxidation sites excluding steroid dienone is 1. The molecule has 33 heavy (non-hydrogen) atoms. The van der Waals surface area contributed by atoms with Gasteiger partial charge in [0.25, 0.3) is 0 Å². The Morgan fingerprint density at radius 2 is 1.88 bits per heavy atom. The number of ether oxygens (including phenoxy) is 1. The van der Waals surface area contributed by atoms with Crippen LogP contribution in [0.3, 0.4) is 0 Å². The molecule has 0 aliphatic heterocycles. The molecule has 0 heterocycles. The number of carbonyl (C=O) groups excluding carboxylic acids is 1. The normalized spacial score (nSPS) is 41.1. The predicted molar refractivity (Wildman–Crippen MR) is 141 cm³/mol. The fourth-order valence-corrected chi connectivity index (χ4v) is 9.40. The minimum atomic E-state index is -0.0392. The Morgan fingerprint density at radius 1 is 1.09 bits per heavy atom. The van der Waals surface area contributed by atoms with Gasteiger partial charge in [-0.25, -0.2) is 0 Å². The maximum absolute atomic E-state index is 12.1. The van der Waals surface area contributed by atoms with Crippen molar-refractivity contribution in [2.45, 2.75) is 118 Å². The molecule has 4 aliphatic carbocycles. The van der Waals surface area contributed by atoms with Crippen LogP contribution >= 0.6 is 15.9 Å². The number of esters is 1. The van der Waals surface area contributed by atoms with E-state index in [1.54, 1.807) is 5.57 Å². The van der Waals surface area contributed by atoms with Crippen LogP contribution in [0, 0.1) is 46.3 Å². The molecule has 0 amide bonds. The van der Waals surface area contributed by atoms with Crippen molar-refractivity contribution in [1.29, 1.82) is 0 Å². The third-order valence-electron chi connectivity index (χ3n) is 10.9. The fraction of sp³-hybridized carbons (Fsp3) is 0.900. The highest BCUT2D eigenvalue weighted by Gasteiger charge is 2.59. The molecule has 3 saturated carbocycles. The first-order chi connectivity index (χ1) is 15.7. The lowest BCUT2D eigenvalue weighted by Gasteiger charge is -2.58. The zero-order valence-corrected chi connectivity index (χ0v) is 23.6. The van der Waals surface area contributed by atoms with Crippen LogP contribution in [0.1, 0.15) is 112 Å². The number of carbonyl (C=O) groups is 1. The lowest BCUT2D eigenvalue weighted by atomic mass is 9.47. The Hall–Kier alpha value is -0.310. The highest BCUT2D eigenvalue weighted by atomic mass is 79.9. The molecule has 4 rings (SSSR count). The van der Waals surface area contributed by atoms with Crippen molar-refractivity contribution in [2.75, 3.05) is 5.33 Å². The van der Waals surface area contributed by atoms with Gasteiger partial charge in [-0.2, -0.15) is 0 Å². The summed E-state index contributed by atoms with van der Waals surface area (Å²) in [7, 11) is 0. The third kappa shape index (κ3) is 5.01. The van der Waals surface area contributed by atoms with E-state index in [0.29, 0.717) is 22.6 Å². The molecule has 188 valence electrons. The van der Waals surface area contributed by atoms with Gasteiger partial charge in [-0.05, 0) is 91.3 Å². The molecule has 0 bridgehead atoms. The molecule has 0 radical (unpaired) electrons. The first-order valence-corrected chi connectivity index (χ1v) is 15.3. The zero-order valence-electron chi connectivity index (χ0n) is 22.0. The molecular weight excluding hydrogens is 472 g/mol. The summed E-state index contributed by atoms with van der Waals surface area (Å²) in [5.41, 5.74) is 2.51. The van der Waals surface area contributed by atoms with Crippen molar-refractivity contribution in [3.63, 3.8) is 0 Å². The van der Waals surface area contributed by atoms with E-state index in [1.807, 2.05) is 0 Å². The smallest absolute Gasteiger partial charge is 0.306 e. The van der Waals surface area contributed by atoms with Crippen LogP contribution in [0.4, 0.5) is 0 Å². The maximum atomic E-state index is 12.1. The summed E-state index contributed by atoms with van der Waals surface area (Å²) in [5.74, 6) is 5.23. The first kappa shape index (κ1) is 25.8. The summed E-state index contributed by atoms with van der Waals surface area (Å²) < 4.78 is 5.82. The summed E-state index contributed by atoms with van der Waals surface area (Å²) in [6.07, 6.45) is 17.7. The van der Waals surface area contributed by atoms with E-state index in [4.69, 9.17) is 4.74 Å². The van der Waals surface area contributed by atoms with E-state index in [1.165, 1.54) is 57.8 Å². The molecule has 0 N–H and O–H groups in total. The van der Waals surface area contributed by atoms with Gasteiger partial charge in [-0.15, -0.1) is 0 Å². The van der Waals surface area contributed by atoms with Crippen LogP contribution in [0.25, 0.3) is 0 Å². The van der Waals surface area contributed by atoms with Crippen LogP contribution in [-0.2, 0) is 9.53 Å². The van der Waals surface area contributed by atoms with Gasteiger partial charge < -0.3 is 4.74 Å². The molecule has 0 spiro atoms. The first-order valence-electron chi connectivity index (χ1n) is 14.1. The van der Waals surface area contributed by atoms with Crippen LogP contribution in [0.2, 0.25) is 0 Å². The van der Waals surface area contributed by atoms with Gasteiger partial charge in [0.2, 0.25) is 0 Å². The van der Waals surface area contributed by atoms with E-state index >= 15 is 0 Å². The number of rotatable bonds is 8. The number of halogens is 1. The Labute approximate surface area is 212 Å². The largest absolute Gasteiger partial charge is 0.462 e. The molecular formula is C30H49BrO2. The molecule has 3 heteroatoms. The molecule has 0 aromatic heterocycles. The molecule has 4 aliphatic rings. The molecule has 8 atom stereocenters. The Bertz CT molecular complexity index is 729. The van der Waals surface area contributed by atoms with Crippen molar-refractivity contribution in [2.24, 2.45) is 46.3 Å². The Balaban J connectivity index is 1.43. The topological polar surface area (TPSA) is 26.3 Å². The highest BCUT2D eigenvalue weighted by molar-refractivity contribution is 9.09. The molecule has 0 saturated heterocycles. The van der Waals surface area contributed by atoms with Crippen molar-refractivity contribution in [3.05, 3.63) is 11.6 Å². The number of hydrogen-bond acceptors (Lipinski definition) is 2. The highest BCUT2D eigenvalue weighted by Crippen LogP contribution is 2.67. The average Bonchev–Trinajstić information content (AvgIpc) is 3.11. The summed E-state index contributed by atoms with van der Waals surface area (Å²) >= 11 is 3.36. The van der Waals surface area contributed by atoms with Gasteiger partial charge in [0.1, 0.15) is 6.10 Å². The molecule has 0 aromatic rings. The van der Waals surface area contributed by atoms with Gasteiger partial charge in [-0.1, -0.05) is 81.5 Å². The monoisotopic (exact) mass is 520 g/mol. The quantitative estimate of drug-likeness (QED) is 0.181. The average molecular weight is 522 g/mol. The van der Waals surface area contributed by atoms with E-state index in [9.17, 15) is 4.79 Å². The second-order valence-corrected chi connectivity index (χ2v) is 13.9. The van der Waals surface area contributed by atoms with Crippen molar-refractivity contribution < 1.29 is 9.53 Å². The summed E-state index contributed by atoms with van der Waals surface area (Å²) in [6.45, 7) is 12.6. The standard InChI is InChI=1S/C30H49BrO2/c1-20(2)7-6-8-21(3)25-11-12-26-24-10-9-22-19-23(33-28(32)15-18-31)13-16-29(22,4)27(24)14-17-30(25,26)5/h9,20-21,23-27H,6-8,10-19H2,1-5H3/t21-,23-,24+,25-,26+,27+,29+,30-/m1/s1. The van der Waals surface area contributed by atoms with Gasteiger partial charge in [0.15, 0.2) is 0 Å². The third-order valence-corrected chi connectivity index (χ3v) is 11.3.